The SMILES string of the molecule is Cc1cc2c3c4c1c1cc5c(cc1n4-c1cc4c(cc1B3N(c1ccc(C(C)(C)C)cc1)c1ccc(C(C)(C)C)cc1-2)-c1ccccc1C4(C)C)oc1ccccc15. The molecule has 2 aromatic heterocycles. The van der Waals surface area contributed by atoms with E-state index in [2.05, 4.69) is 193 Å². The summed E-state index contributed by atoms with van der Waals surface area (Å²) in [6, 6.07) is 46.6. The monoisotopic (exact) mass is 750 g/mol. The first-order valence-corrected chi connectivity index (χ1v) is 21.0. The summed E-state index contributed by atoms with van der Waals surface area (Å²) < 4.78 is 9.25. The number of furan rings is 1. The number of nitrogens with zero attached hydrogens (tertiary/aromatic N) is 2. The number of hydrogen-bond acceptors (Lipinski definition) is 2. The van der Waals surface area contributed by atoms with E-state index >= 15 is 0 Å². The first-order valence-electron chi connectivity index (χ1n) is 21.0. The van der Waals surface area contributed by atoms with Crippen LogP contribution in [0.2, 0.25) is 0 Å². The van der Waals surface area contributed by atoms with Gasteiger partial charge in [0.25, 0.3) is 0 Å². The van der Waals surface area contributed by atoms with E-state index in [0.717, 1.165) is 16.6 Å². The van der Waals surface area contributed by atoms with Gasteiger partial charge in [0.2, 0.25) is 0 Å². The molecule has 7 aromatic carbocycles. The second kappa shape index (κ2) is 10.9. The fourth-order valence-electron chi connectivity index (χ4n) is 11.0. The topological polar surface area (TPSA) is 21.3 Å². The first kappa shape index (κ1) is 34.1. The number of hydrogen-bond donors (Lipinski definition) is 0. The minimum atomic E-state index is -0.141. The Balaban J connectivity index is 1.27. The third kappa shape index (κ3) is 4.31. The van der Waals surface area contributed by atoms with Crippen LogP contribution < -0.4 is 15.7 Å². The molecule has 0 unspecified atom stereocenters. The molecule has 0 fully saturated rings. The molecule has 0 bridgehead atoms. The van der Waals surface area contributed by atoms with Gasteiger partial charge in [-0.15, -0.1) is 0 Å². The summed E-state index contributed by atoms with van der Waals surface area (Å²) in [4.78, 5) is 2.67. The van der Waals surface area contributed by atoms with Crippen molar-refractivity contribution in [1.82, 2.24) is 4.57 Å². The lowest BCUT2D eigenvalue weighted by Gasteiger charge is -2.43. The van der Waals surface area contributed by atoms with E-state index in [4.69, 9.17) is 4.42 Å². The van der Waals surface area contributed by atoms with Crippen LogP contribution in [0.15, 0.2) is 126 Å². The largest absolute Gasteiger partial charge is 0.456 e. The van der Waals surface area contributed by atoms with Crippen molar-refractivity contribution in [2.45, 2.75) is 78.6 Å². The zero-order chi connectivity index (χ0) is 39.8. The highest BCUT2D eigenvalue weighted by Gasteiger charge is 2.47. The molecule has 1 aliphatic carbocycles. The van der Waals surface area contributed by atoms with Gasteiger partial charge >= 0.3 is 6.85 Å². The zero-order valence-electron chi connectivity index (χ0n) is 34.9. The van der Waals surface area contributed by atoms with Crippen molar-refractivity contribution >= 4 is 72.9 Å². The second-order valence-electron chi connectivity index (χ2n) is 19.9. The van der Waals surface area contributed by atoms with E-state index in [1.54, 1.807) is 0 Å². The van der Waals surface area contributed by atoms with Crippen LogP contribution in [0.3, 0.4) is 0 Å². The molecule has 4 heterocycles. The average molecular weight is 751 g/mol. The fraction of sp³-hybridized carbons (Fsp3) is 0.222. The summed E-state index contributed by atoms with van der Waals surface area (Å²) >= 11 is 0. The quantitative estimate of drug-likeness (QED) is 0.156. The van der Waals surface area contributed by atoms with Gasteiger partial charge in [0, 0.05) is 55.7 Å². The molecule has 0 N–H and O–H groups in total. The van der Waals surface area contributed by atoms with Gasteiger partial charge in [-0.3, -0.25) is 0 Å². The van der Waals surface area contributed by atoms with Gasteiger partial charge in [-0.25, -0.2) is 0 Å². The highest BCUT2D eigenvalue weighted by molar-refractivity contribution is 6.93. The van der Waals surface area contributed by atoms with Crippen LogP contribution >= 0.6 is 0 Å². The number of aromatic nitrogens is 1. The summed E-state index contributed by atoms with van der Waals surface area (Å²) in [5, 5.41) is 4.94. The molecular weight excluding hydrogens is 703 g/mol. The molecule has 58 heavy (non-hydrogen) atoms. The van der Waals surface area contributed by atoms with Crippen molar-refractivity contribution in [3.63, 3.8) is 0 Å². The molecule has 4 heteroatoms. The lowest BCUT2D eigenvalue weighted by atomic mass is 9.43. The lowest BCUT2D eigenvalue weighted by molar-refractivity contribution is 0.590. The normalized spacial score (nSPS) is 15.1. The van der Waals surface area contributed by atoms with Crippen molar-refractivity contribution in [3.8, 4) is 27.9 Å². The molecule has 12 rings (SSSR count). The van der Waals surface area contributed by atoms with Crippen molar-refractivity contribution in [3.05, 3.63) is 149 Å². The molecule has 0 amide bonds. The van der Waals surface area contributed by atoms with Gasteiger partial charge in [-0.05, 0) is 116 Å². The molecule has 0 saturated heterocycles. The van der Waals surface area contributed by atoms with E-state index < -0.39 is 0 Å². The maximum atomic E-state index is 6.63. The standard InChI is InChI=1S/C54H47BN2O/c1-30-24-39-37-25-32(53(5,6)7)20-23-44(37)57(33-21-18-31(19-22-33)52(2,3)4)55-43-27-36-34-14-10-12-16-41(34)54(8,9)42(36)28-46(43)56-45-29-48-38(35-15-11-13-17-47(35)58-48)26-40(45)49(30)51(56)50(39)55/h10-29H,1-9H3. The first-order chi connectivity index (χ1) is 27.7. The Kier molecular flexibility index (Phi) is 6.42. The molecule has 0 spiro atoms. The minimum absolute atomic E-state index is 0.000539. The van der Waals surface area contributed by atoms with E-state index in [0.29, 0.717) is 0 Å². The third-order valence-electron chi connectivity index (χ3n) is 14.0. The molecule has 282 valence electrons. The molecule has 2 aliphatic heterocycles. The van der Waals surface area contributed by atoms with Crippen LogP contribution in [-0.2, 0) is 16.2 Å². The van der Waals surface area contributed by atoms with E-state index in [-0.39, 0.29) is 23.1 Å². The summed E-state index contributed by atoms with van der Waals surface area (Å²) in [6.45, 7) is 21.0. The Labute approximate surface area is 341 Å². The molecule has 3 nitrogen and oxygen atoms in total. The Hall–Kier alpha value is -6.00. The minimum Gasteiger partial charge on any atom is -0.456 e. The van der Waals surface area contributed by atoms with Crippen molar-refractivity contribution < 1.29 is 4.42 Å². The zero-order valence-corrected chi connectivity index (χ0v) is 34.9. The van der Waals surface area contributed by atoms with Gasteiger partial charge in [0.15, 0.2) is 0 Å². The molecule has 0 saturated carbocycles. The number of rotatable bonds is 1. The number of benzene rings is 7. The van der Waals surface area contributed by atoms with Crippen LogP contribution in [0.25, 0.3) is 71.7 Å². The smallest absolute Gasteiger partial charge is 0.333 e. The van der Waals surface area contributed by atoms with E-state index in [1.165, 1.54) is 105 Å². The van der Waals surface area contributed by atoms with Gasteiger partial charge < -0.3 is 13.8 Å². The number of fused-ring (bicyclic) bond motifs is 14. The molecule has 0 atom stereocenters. The molecule has 0 radical (unpaired) electrons. The van der Waals surface area contributed by atoms with Crippen LogP contribution in [-0.4, -0.2) is 11.4 Å². The van der Waals surface area contributed by atoms with Crippen molar-refractivity contribution in [2.24, 2.45) is 0 Å². The predicted octanol–water partition coefficient (Wildman–Crippen LogP) is 13.1. The Bertz CT molecular complexity index is 3290. The van der Waals surface area contributed by atoms with Crippen LogP contribution in [0.5, 0.6) is 0 Å². The van der Waals surface area contributed by atoms with E-state index in [1.807, 2.05) is 0 Å². The van der Waals surface area contributed by atoms with Crippen LogP contribution in [0.4, 0.5) is 11.4 Å². The third-order valence-corrected chi connectivity index (χ3v) is 14.0. The van der Waals surface area contributed by atoms with Crippen molar-refractivity contribution in [2.75, 3.05) is 4.81 Å². The van der Waals surface area contributed by atoms with Gasteiger partial charge in [-0.1, -0.05) is 128 Å². The molecule has 9 aromatic rings. The molecule has 3 aliphatic rings. The fourth-order valence-corrected chi connectivity index (χ4v) is 11.0. The van der Waals surface area contributed by atoms with Crippen molar-refractivity contribution in [1.29, 1.82) is 0 Å². The predicted molar refractivity (Wildman–Crippen MR) is 247 cm³/mol. The summed E-state index contributed by atoms with van der Waals surface area (Å²) in [6.07, 6.45) is 0. The molecular formula is C54H47BN2O. The van der Waals surface area contributed by atoms with E-state index in [9.17, 15) is 0 Å². The number of para-hydroxylation sites is 1. The summed E-state index contributed by atoms with van der Waals surface area (Å²) in [5.74, 6) is 0. The Morgan fingerprint density at radius 2 is 1.29 bits per heavy atom. The second-order valence-corrected chi connectivity index (χ2v) is 19.9. The maximum Gasteiger partial charge on any atom is 0.333 e. The average Bonchev–Trinajstić information content (AvgIpc) is 3.81. The number of aryl methyl sites for hydroxylation is 1. The highest BCUT2D eigenvalue weighted by atomic mass is 16.3. The Morgan fingerprint density at radius 3 is 2.07 bits per heavy atom. The Morgan fingerprint density at radius 1 is 0.569 bits per heavy atom. The highest BCUT2D eigenvalue weighted by Crippen LogP contribution is 2.52. The lowest BCUT2D eigenvalue weighted by Crippen LogP contribution is -2.60. The van der Waals surface area contributed by atoms with Gasteiger partial charge in [0.1, 0.15) is 11.2 Å². The van der Waals surface area contributed by atoms with Crippen LogP contribution in [0, 0.1) is 6.92 Å². The summed E-state index contributed by atoms with van der Waals surface area (Å²) in [5.41, 5.74) is 22.8. The van der Waals surface area contributed by atoms with Gasteiger partial charge in [0.05, 0.1) is 11.0 Å². The van der Waals surface area contributed by atoms with Crippen LogP contribution in [0.1, 0.15) is 83.2 Å². The summed E-state index contributed by atoms with van der Waals surface area (Å²) in [7, 11) is 0. The number of anilines is 2. The maximum absolute atomic E-state index is 6.63. The van der Waals surface area contributed by atoms with Gasteiger partial charge in [-0.2, -0.15) is 0 Å².